The Labute approximate surface area is 181 Å². The molecule has 2 aromatic carbocycles. The fourth-order valence-corrected chi connectivity index (χ4v) is 3.13. The van der Waals surface area contributed by atoms with Crippen LogP contribution in [-0.2, 0) is 11.2 Å². The third-order valence-corrected chi connectivity index (χ3v) is 4.90. The minimum atomic E-state index is -0.682. The van der Waals surface area contributed by atoms with Crippen LogP contribution in [0.25, 0.3) is 21.9 Å². The lowest BCUT2D eigenvalue weighted by Crippen LogP contribution is -2.25. The number of fused-ring (bicyclic) bond motifs is 2. The third-order valence-electron chi connectivity index (χ3n) is 4.90. The minimum Gasteiger partial charge on any atom is -0.507 e. The van der Waals surface area contributed by atoms with Gasteiger partial charge in [0.25, 0.3) is 0 Å². The highest BCUT2D eigenvalue weighted by molar-refractivity contribution is 5.95. The van der Waals surface area contributed by atoms with Crippen molar-refractivity contribution in [3.8, 4) is 17.2 Å². The number of rotatable bonds is 8. The van der Waals surface area contributed by atoms with E-state index in [2.05, 4.69) is 6.58 Å². The number of phenolic OH excluding ortho intramolecular Hbond substituents is 1. The summed E-state index contributed by atoms with van der Waals surface area (Å²) in [5.74, 6) is 0.799. The van der Waals surface area contributed by atoms with Crippen LogP contribution in [0.4, 0.5) is 0 Å². The fourth-order valence-electron chi connectivity index (χ4n) is 3.13. The number of benzene rings is 2. The van der Waals surface area contributed by atoms with Crippen LogP contribution < -0.4 is 14.9 Å². The predicted molar refractivity (Wildman–Crippen MR) is 122 cm³/mol. The summed E-state index contributed by atoms with van der Waals surface area (Å²) in [4.78, 5) is 13.2. The van der Waals surface area contributed by atoms with Crippen molar-refractivity contribution in [2.75, 3.05) is 13.9 Å². The maximum absolute atomic E-state index is 13.2. The van der Waals surface area contributed by atoms with Gasteiger partial charge in [-0.05, 0) is 52.3 Å². The maximum atomic E-state index is 13.2. The molecule has 0 spiro atoms. The highest BCUT2D eigenvalue weighted by Crippen LogP contribution is 2.38. The van der Waals surface area contributed by atoms with Gasteiger partial charge in [0.2, 0.25) is 5.43 Å². The Bertz CT molecular complexity index is 1210. The van der Waals surface area contributed by atoms with Crippen molar-refractivity contribution >= 4 is 21.9 Å². The van der Waals surface area contributed by atoms with E-state index in [0.717, 1.165) is 5.57 Å². The highest BCUT2D eigenvalue weighted by atomic mass is 16.7. The molecular weight excluding hydrogens is 396 g/mol. The minimum absolute atomic E-state index is 0.0758. The number of aromatic hydroxyl groups is 1. The predicted octanol–water partition coefficient (Wildman–Crippen LogP) is 5.49. The van der Waals surface area contributed by atoms with Crippen molar-refractivity contribution in [1.82, 2.24) is 0 Å². The monoisotopic (exact) mass is 424 g/mol. The molecule has 0 saturated heterocycles. The van der Waals surface area contributed by atoms with E-state index in [0.29, 0.717) is 34.5 Å². The second-order valence-corrected chi connectivity index (χ2v) is 8.11. The third kappa shape index (κ3) is 4.75. The first-order valence-corrected chi connectivity index (χ1v) is 10.00. The summed E-state index contributed by atoms with van der Waals surface area (Å²) in [6, 6.07) is 6.55. The standard InChI is InChI=1S/C25H28O6/c1-7-25(4,5)31-20-13-21-22(24(27)18(20)10-8-15(2)3)23(26)17-11-9-16(29-14-28-6)12-19(17)30-21/h7-9,11-13,27H,1,10,14H2,2-6H3. The molecule has 0 fully saturated rings. The quantitative estimate of drug-likeness (QED) is 0.293. The molecule has 0 atom stereocenters. The van der Waals surface area contributed by atoms with Crippen molar-refractivity contribution in [1.29, 1.82) is 0 Å². The van der Waals surface area contributed by atoms with Crippen LogP contribution >= 0.6 is 0 Å². The van der Waals surface area contributed by atoms with Gasteiger partial charge in [0.15, 0.2) is 6.79 Å². The first-order chi connectivity index (χ1) is 14.7. The van der Waals surface area contributed by atoms with E-state index in [4.69, 9.17) is 18.6 Å². The van der Waals surface area contributed by atoms with Gasteiger partial charge in [-0.1, -0.05) is 18.2 Å². The van der Waals surface area contributed by atoms with E-state index in [-0.39, 0.29) is 28.9 Å². The molecule has 6 heteroatoms. The summed E-state index contributed by atoms with van der Waals surface area (Å²) in [5.41, 5.74) is 1.18. The van der Waals surface area contributed by atoms with Crippen LogP contribution in [-0.4, -0.2) is 24.6 Å². The van der Waals surface area contributed by atoms with E-state index in [9.17, 15) is 9.90 Å². The normalized spacial score (nSPS) is 11.5. The molecule has 31 heavy (non-hydrogen) atoms. The van der Waals surface area contributed by atoms with Crippen molar-refractivity contribution in [2.45, 2.75) is 39.7 Å². The average molecular weight is 424 g/mol. The summed E-state index contributed by atoms with van der Waals surface area (Å²) >= 11 is 0. The number of phenols is 1. The zero-order valence-electron chi connectivity index (χ0n) is 18.6. The Kier molecular flexibility index (Phi) is 6.41. The summed E-state index contributed by atoms with van der Waals surface area (Å²) in [7, 11) is 1.52. The van der Waals surface area contributed by atoms with Gasteiger partial charge in [-0.3, -0.25) is 4.79 Å². The van der Waals surface area contributed by atoms with Gasteiger partial charge in [-0.25, -0.2) is 0 Å². The van der Waals surface area contributed by atoms with Crippen LogP contribution in [0, 0.1) is 0 Å². The van der Waals surface area contributed by atoms with Crippen LogP contribution in [0.15, 0.2) is 57.8 Å². The molecule has 0 aliphatic rings. The first-order valence-electron chi connectivity index (χ1n) is 10.00. The highest BCUT2D eigenvalue weighted by Gasteiger charge is 2.23. The first kappa shape index (κ1) is 22.4. The van der Waals surface area contributed by atoms with Gasteiger partial charge >= 0.3 is 0 Å². The molecule has 6 nitrogen and oxygen atoms in total. The number of ether oxygens (including phenoxy) is 3. The zero-order chi connectivity index (χ0) is 22.8. The lowest BCUT2D eigenvalue weighted by atomic mass is 10.0. The number of allylic oxidation sites excluding steroid dienone is 2. The van der Waals surface area contributed by atoms with Crippen LogP contribution in [0.5, 0.6) is 17.2 Å². The van der Waals surface area contributed by atoms with Crippen LogP contribution in [0.3, 0.4) is 0 Å². The van der Waals surface area contributed by atoms with Crippen molar-refractivity contribution in [3.05, 3.63) is 64.4 Å². The Morgan fingerprint density at radius 1 is 1.23 bits per heavy atom. The second-order valence-electron chi connectivity index (χ2n) is 8.11. The van der Waals surface area contributed by atoms with E-state index in [1.807, 2.05) is 33.8 Å². The summed E-state index contributed by atoms with van der Waals surface area (Å²) in [6.45, 7) is 11.6. The Balaban J connectivity index is 2.28. The lowest BCUT2D eigenvalue weighted by molar-refractivity contribution is 0.0512. The largest absolute Gasteiger partial charge is 0.507 e. The van der Waals surface area contributed by atoms with Gasteiger partial charge in [0.1, 0.15) is 39.4 Å². The molecule has 0 amide bonds. The van der Waals surface area contributed by atoms with Gasteiger partial charge < -0.3 is 23.7 Å². The molecule has 0 bridgehead atoms. The summed E-state index contributed by atoms with van der Waals surface area (Å²) < 4.78 is 22.5. The topological polar surface area (TPSA) is 78.1 Å². The Morgan fingerprint density at radius 2 is 1.97 bits per heavy atom. The molecule has 1 heterocycles. The SMILES string of the molecule is C=CC(C)(C)Oc1cc2oc3cc(OCOC)ccc3c(=O)c2c(O)c1CC=C(C)C. The molecule has 0 aliphatic carbocycles. The van der Waals surface area contributed by atoms with E-state index < -0.39 is 5.60 Å². The Morgan fingerprint density at radius 3 is 2.61 bits per heavy atom. The molecule has 0 saturated carbocycles. The van der Waals surface area contributed by atoms with Crippen molar-refractivity contribution in [2.24, 2.45) is 0 Å². The van der Waals surface area contributed by atoms with Gasteiger partial charge in [-0.2, -0.15) is 0 Å². The second kappa shape index (κ2) is 8.86. The maximum Gasteiger partial charge on any atom is 0.204 e. The molecule has 3 rings (SSSR count). The van der Waals surface area contributed by atoms with Crippen LogP contribution in [0.2, 0.25) is 0 Å². The molecule has 3 aromatic rings. The van der Waals surface area contributed by atoms with Gasteiger partial charge in [0, 0.05) is 24.8 Å². The lowest BCUT2D eigenvalue weighted by Gasteiger charge is -2.25. The summed E-state index contributed by atoms with van der Waals surface area (Å²) in [6.07, 6.45) is 4.06. The van der Waals surface area contributed by atoms with E-state index in [1.165, 1.54) is 7.11 Å². The molecule has 0 unspecified atom stereocenters. The number of hydrogen-bond donors (Lipinski definition) is 1. The molecule has 1 aromatic heterocycles. The van der Waals surface area contributed by atoms with Crippen molar-refractivity contribution in [3.63, 3.8) is 0 Å². The van der Waals surface area contributed by atoms with Crippen molar-refractivity contribution < 1.29 is 23.7 Å². The molecule has 1 N–H and O–H groups in total. The van der Waals surface area contributed by atoms with Gasteiger partial charge in [0.05, 0.1) is 5.39 Å². The smallest absolute Gasteiger partial charge is 0.204 e. The zero-order valence-corrected chi connectivity index (χ0v) is 18.6. The average Bonchev–Trinajstić information content (AvgIpc) is 2.71. The Hall–Kier alpha value is -3.25. The molecule has 164 valence electrons. The van der Waals surface area contributed by atoms with E-state index >= 15 is 0 Å². The van der Waals surface area contributed by atoms with Crippen LogP contribution in [0.1, 0.15) is 33.3 Å². The number of hydrogen-bond acceptors (Lipinski definition) is 6. The van der Waals surface area contributed by atoms with E-state index in [1.54, 1.807) is 30.3 Å². The molecule has 0 aliphatic heterocycles. The van der Waals surface area contributed by atoms with Gasteiger partial charge in [-0.15, -0.1) is 0 Å². The number of methoxy groups -OCH3 is 1. The molecule has 0 radical (unpaired) electrons. The fraction of sp³-hybridized carbons (Fsp3) is 0.320. The molecular formula is C25H28O6. The summed E-state index contributed by atoms with van der Waals surface area (Å²) in [5, 5.41) is 11.6.